The standard InChI is InChI=1S/C21H22N2O5/c1-15-6-7-16(27-15)8-9-20(24)22-10-12-23(13-11-22)21(25)19-14-26-17-4-2-3-5-18(17)28-19/h2-9,19H,10-14H2,1H3/b9-8+/t19-/m1/s1. The number of carbonyl (C=O) groups excluding carboxylic acids is 2. The number of piperazine rings is 1. The summed E-state index contributed by atoms with van der Waals surface area (Å²) in [6.45, 7) is 3.96. The molecule has 1 fully saturated rings. The van der Waals surface area contributed by atoms with E-state index in [1.165, 1.54) is 6.08 Å². The third-order valence-corrected chi connectivity index (χ3v) is 4.84. The third-order valence-electron chi connectivity index (χ3n) is 4.84. The highest BCUT2D eigenvalue weighted by Crippen LogP contribution is 2.31. The molecule has 2 aliphatic heterocycles. The minimum Gasteiger partial charge on any atom is -0.485 e. The van der Waals surface area contributed by atoms with Crippen molar-refractivity contribution in [2.75, 3.05) is 32.8 Å². The van der Waals surface area contributed by atoms with Gasteiger partial charge in [0.15, 0.2) is 11.5 Å². The zero-order valence-electron chi connectivity index (χ0n) is 15.7. The van der Waals surface area contributed by atoms with Crippen molar-refractivity contribution in [1.29, 1.82) is 0 Å². The molecule has 0 spiro atoms. The summed E-state index contributed by atoms with van der Waals surface area (Å²) in [6.07, 6.45) is 2.52. The normalized spacial score (nSPS) is 19.1. The summed E-state index contributed by atoms with van der Waals surface area (Å²) in [4.78, 5) is 28.5. The number of aryl methyl sites for hydroxylation is 1. The number of rotatable bonds is 3. The van der Waals surface area contributed by atoms with Gasteiger partial charge in [-0.25, -0.2) is 0 Å². The second kappa shape index (κ2) is 7.80. The average molecular weight is 382 g/mol. The largest absolute Gasteiger partial charge is 0.485 e. The van der Waals surface area contributed by atoms with Crippen LogP contribution in [-0.4, -0.2) is 60.5 Å². The maximum atomic E-state index is 12.7. The molecule has 1 aromatic carbocycles. The first-order valence-corrected chi connectivity index (χ1v) is 9.31. The van der Waals surface area contributed by atoms with Crippen LogP contribution in [0.4, 0.5) is 0 Å². The summed E-state index contributed by atoms with van der Waals surface area (Å²) in [5, 5.41) is 0. The number of furan rings is 1. The van der Waals surface area contributed by atoms with Crippen molar-refractivity contribution in [1.82, 2.24) is 9.80 Å². The van der Waals surface area contributed by atoms with E-state index >= 15 is 0 Å². The first-order valence-electron chi connectivity index (χ1n) is 9.31. The van der Waals surface area contributed by atoms with Crippen molar-refractivity contribution < 1.29 is 23.5 Å². The maximum Gasteiger partial charge on any atom is 0.267 e. The van der Waals surface area contributed by atoms with E-state index in [2.05, 4.69) is 0 Å². The second-order valence-electron chi connectivity index (χ2n) is 6.80. The molecule has 2 aliphatic rings. The topological polar surface area (TPSA) is 72.2 Å². The van der Waals surface area contributed by atoms with Crippen LogP contribution in [0, 0.1) is 6.92 Å². The summed E-state index contributed by atoms with van der Waals surface area (Å²) >= 11 is 0. The molecule has 7 heteroatoms. The number of ether oxygens (including phenoxy) is 2. The molecule has 0 unspecified atom stereocenters. The van der Waals surface area contributed by atoms with Gasteiger partial charge in [0.1, 0.15) is 18.1 Å². The smallest absolute Gasteiger partial charge is 0.267 e. The van der Waals surface area contributed by atoms with Crippen LogP contribution in [0.25, 0.3) is 6.08 Å². The van der Waals surface area contributed by atoms with E-state index in [9.17, 15) is 9.59 Å². The molecule has 2 aromatic rings. The first kappa shape index (κ1) is 18.2. The molecule has 28 heavy (non-hydrogen) atoms. The fraction of sp³-hybridized carbons (Fsp3) is 0.333. The number of para-hydroxylation sites is 2. The number of hydrogen-bond donors (Lipinski definition) is 0. The minimum atomic E-state index is -0.653. The van der Waals surface area contributed by atoms with Gasteiger partial charge in [0.2, 0.25) is 12.0 Å². The summed E-state index contributed by atoms with van der Waals surface area (Å²) < 4.78 is 16.8. The fourth-order valence-corrected chi connectivity index (χ4v) is 3.29. The van der Waals surface area contributed by atoms with Crippen molar-refractivity contribution in [2.24, 2.45) is 0 Å². The Kier molecular flexibility index (Phi) is 5.06. The first-order chi connectivity index (χ1) is 13.6. The van der Waals surface area contributed by atoms with Crippen LogP contribution in [-0.2, 0) is 9.59 Å². The average Bonchev–Trinajstić information content (AvgIpc) is 3.16. The highest BCUT2D eigenvalue weighted by Gasteiger charge is 2.33. The molecule has 1 saturated heterocycles. The molecule has 0 saturated carbocycles. The number of nitrogens with zero attached hydrogens (tertiary/aromatic N) is 2. The van der Waals surface area contributed by atoms with Gasteiger partial charge >= 0.3 is 0 Å². The highest BCUT2D eigenvalue weighted by atomic mass is 16.6. The molecule has 1 atom stereocenters. The molecule has 0 N–H and O–H groups in total. The molecule has 7 nitrogen and oxygen atoms in total. The predicted octanol–water partition coefficient (Wildman–Crippen LogP) is 2.11. The van der Waals surface area contributed by atoms with Gasteiger partial charge in [-0.1, -0.05) is 12.1 Å². The van der Waals surface area contributed by atoms with Crippen LogP contribution in [0.3, 0.4) is 0 Å². The number of fused-ring (bicyclic) bond motifs is 1. The Morgan fingerprint density at radius 3 is 2.43 bits per heavy atom. The van der Waals surface area contributed by atoms with E-state index < -0.39 is 6.10 Å². The van der Waals surface area contributed by atoms with E-state index in [1.54, 1.807) is 21.9 Å². The molecule has 1 aromatic heterocycles. The molecule has 4 rings (SSSR count). The van der Waals surface area contributed by atoms with Crippen LogP contribution in [0.1, 0.15) is 11.5 Å². The lowest BCUT2D eigenvalue weighted by Crippen LogP contribution is -2.54. The van der Waals surface area contributed by atoms with Gasteiger partial charge in [0.25, 0.3) is 5.91 Å². The zero-order valence-corrected chi connectivity index (χ0v) is 15.7. The van der Waals surface area contributed by atoms with Gasteiger partial charge in [-0.05, 0) is 37.3 Å². The number of hydrogen-bond acceptors (Lipinski definition) is 5. The van der Waals surface area contributed by atoms with E-state index in [1.807, 2.05) is 37.3 Å². The minimum absolute atomic E-state index is 0.0904. The van der Waals surface area contributed by atoms with Gasteiger partial charge < -0.3 is 23.7 Å². The van der Waals surface area contributed by atoms with Crippen LogP contribution in [0.15, 0.2) is 46.9 Å². The van der Waals surface area contributed by atoms with Gasteiger partial charge in [-0.2, -0.15) is 0 Å². The van der Waals surface area contributed by atoms with Crippen LogP contribution in [0.5, 0.6) is 11.5 Å². The lowest BCUT2D eigenvalue weighted by Gasteiger charge is -2.36. The van der Waals surface area contributed by atoms with Gasteiger partial charge in [-0.15, -0.1) is 0 Å². The Balaban J connectivity index is 1.30. The number of amides is 2. The monoisotopic (exact) mass is 382 g/mol. The molecule has 0 aliphatic carbocycles. The Hall–Kier alpha value is -3.22. The Morgan fingerprint density at radius 2 is 1.71 bits per heavy atom. The van der Waals surface area contributed by atoms with Crippen LogP contribution in [0.2, 0.25) is 0 Å². The summed E-state index contributed by atoms with van der Waals surface area (Å²) in [5.41, 5.74) is 0. The quantitative estimate of drug-likeness (QED) is 0.761. The number of carbonyl (C=O) groups is 2. The maximum absolute atomic E-state index is 12.7. The predicted molar refractivity (Wildman–Crippen MR) is 102 cm³/mol. The number of benzene rings is 1. The molecule has 2 amide bonds. The van der Waals surface area contributed by atoms with E-state index in [-0.39, 0.29) is 18.4 Å². The molecule has 146 valence electrons. The van der Waals surface area contributed by atoms with Crippen molar-refractivity contribution in [2.45, 2.75) is 13.0 Å². The lowest BCUT2D eigenvalue weighted by atomic mass is 10.2. The summed E-state index contributed by atoms with van der Waals surface area (Å²) in [6, 6.07) is 11.0. The van der Waals surface area contributed by atoms with Crippen LogP contribution >= 0.6 is 0 Å². The van der Waals surface area contributed by atoms with E-state index in [0.29, 0.717) is 43.4 Å². The summed E-state index contributed by atoms with van der Waals surface area (Å²) in [5.74, 6) is 2.49. The third kappa shape index (κ3) is 3.88. The van der Waals surface area contributed by atoms with Crippen molar-refractivity contribution in [3.63, 3.8) is 0 Å². The van der Waals surface area contributed by atoms with Crippen LogP contribution < -0.4 is 9.47 Å². The summed E-state index contributed by atoms with van der Waals surface area (Å²) in [7, 11) is 0. The van der Waals surface area contributed by atoms with Gasteiger partial charge in [-0.3, -0.25) is 9.59 Å². The molecule has 0 bridgehead atoms. The fourth-order valence-electron chi connectivity index (χ4n) is 3.29. The molecule has 3 heterocycles. The lowest BCUT2D eigenvalue weighted by molar-refractivity contribution is -0.145. The van der Waals surface area contributed by atoms with Crippen molar-refractivity contribution in [3.05, 3.63) is 54.0 Å². The zero-order chi connectivity index (χ0) is 19.5. The van der Waals surface area contributed by atoms with E-state index in [4.69, 9.17) is 13.9 Å². The Bertz CT molecular complexity index is 896. The van der Waals surface area contributed by atoms with E-state index in [0.717, 1.165) is 5.76 Å². The Labute approximate surface area is 163 Å². The SMILES string of the molecule is Cc1ccc(/C=C/C(=O)N2CCN(C(=O)[C@H]3COc4ccccc4O3)CC2)o1. The van der Waals surface area contributed by atoms with Gasteiger partial charge in [0.05, 0.1) is 0 Å². The van der Waals surface area contributed by atoms with Gasteiger partial charge in [0, 0.05) is 32.3 Å². The second-order valence-corrected chi connectivity index (χ2v) is 6.80. The molecular weight excluding hydrogens is 360 g/mol. The van der Waals surface area contributed by atoms with Crippen molar-refractivity contribution in [3.8, 4) is 11.5 Å². The Morgan fingerprint density at radius 1 is 1.00 bits per heavy atom. The highest BCUT2D eigenvalue weighted by molar-refractivity contribution is 5.91. The molecule has 0 radical (unpaired) electrons. The van der Waals surface area contributed by atoms with Crippen molar-refractivity contribution >= 4 is 17.9 Å². The molecular formula is C21H22N2O5.